The largest absolute Gasteiger partial charge is 0.307 e. The zero-order valence-electron chi connectivity index (χ0n) is 12.2. The molecule has 1 unspecified atom stereocenters. The Morgan fingerprint density at radius 1 is 1.48 bits per heavy atom. The molecular formula is C15H19ClN4O. The summed E-state index contributed by atoms with van der Waals surface area (Å²) in [7, 11) is 0. The number of carbonyl (C=O) groups is 1. The molecule has 3 N–H and O–H groups in total. The second-order valence-corrected chi connectivity index (χ2v) is 6.61. The van der Waals surface area contributed by atoms with Gasteiger partial charge in [-0.3, -0.25) is 9.89 Å². The minimum atomic E-state index is -0.211. The van der Waals surface area contributed by atoms with Gasteiger partial charge in [0.2, 0.25) is 5.91 Å². The molecule has 1 atom stereocenters. The lowest BCUT2D eigenvalue weighted by molar-refractivity contribution is -0.121. The number of halogens is 1. The Morgan fingerprint density at radius 2 is 2.29 bits per heavy atom. The van der Waals surface area contributed by atoms with Gasteiger partial charge >= 0.3 is 0 Å². The molecule has 21 heavy (non-hydrogen) atoms. The summed E-state index contributed by atoms with van der Waals surface area (Å²) in [6, 6.07) is 5.31. The Labute approximate surface area is 128 Å². The summed E-state index contributed by atoms with van der Waals surface area (Å²) in [6.45, 7) is 5.10. The molecule has 0 bridgehead atoms. The van der Waals surface area contributed by atoms with Crippen LogP contribution in [0.5, 0.6) is 0 Å². The fourth-order valence-corrected chi connectivity index (χ4v) is 3.17. The molecule has 1 aliphatic heterocycles. The predicted molar refractivity (Wildman–Crippen MR) is 84.5 cm³/mol. The number of hydrogen-bond donors (Lipinski definition) is 3. The van der Waals surface area contributed by atoms with Gasteiger partial charge in [-0.15, -0.1) is 0 Å². The number of H-pyrrole nitrogens is 1. The van der Waals surface area contributed by atoms with Crippen LogP contribution in [-0.2, 0) is 4.79 Å². The average molecular weight is 307 g/mol. The number of rotatable bonds is 2. The van der Waals surface area contributed by atoms with Crippen LogP contribution < -0.4 is 10.6 Å². The molecular weight excluding hydrogens is 288 g/mol. The van der Waals surface area contributed by atoms with Crippen LogP contribution >= 0.6 is 11.6 Å². The molecule has 2 heterocycles. The van der Waals surface area contributed by atoms with Crippen molar-refractivity contribution in [1.29, 1.82) is 0 Å². The van der Waals surface area contributed by atoms with Gasteiger partial charge in [-0.1, -0.05) is 31.5 Å². The van der Waals surface area contributed by atoms with Crippen molar-refractivity contribution in [2.45, 2.75) is 32.7 Å². The Hall–Kier alpha value is -1.59. The highest BCUT2D eigenvalue weighted by atomic mass is 35.5. The standard InChI is InChI=1S/C15H19ClN4O/c1-15(2)7-4-8-17-12(15)14(21)18-13-9-5-3-6-10(16)11(9)19-20-13/h3,5-6,12,17H,4,7-8H2,1-2H3,(H2,18,19,20,21). The highest BCUT2D eigenvalue weighted by molar-refractivity contribution is 6.35. The Balaban J connectivity index is 1.85. The van der Waals surface area contributed by atoms with Crippen LogP contribution in [0, 0.1) is 5.41 Å². The van der Waals surface area contributed by atoms with Crippen molar-refractivity contribution in [2.24, 2.45) is 5.41 Å². The zero-order valence-corrected chi connectivity index (χ0v) is 12.9. The van der Waals surface area contributed by atoms with Crippen molar-refractivity contribution in [3.8, 4) is 0 Å². The van der Waals surface area contributed by atoms with E-state index in [9.17, 15) is 4.79 Å². The molecule has 0 spiro atoms. The number of amides is 1. The van der Waals surface area contributed by atoms with E-state index in [0.717, 1.165) is 30.3 Å². The molecule has 1 saturated heterocycles. The SMILES string of the molecule is CC1(C)CCCNC1C(=O)Nc1n[nH]c2c(Cl)cccc12. The van der Waals surface area contributed by atoms with E-state index in [-0.39, 0.29) is 17.4 Å². The third kappa shape index (κ3) is 2.63. The maximum atomic E-state index is 12.5. The van der Waals surface area contributed by atoms with Gasteiger partial charge in [0.1, 0.15) is 0 Å². The third-order valence-electron chi connectivity index (χ3n) is 4.18. The van der Waals surface area contributed by atoms with Crippen LogP contribution in [0.4, 0.5) is 5.82 Å². The fraction of sp³-hybridized carbons (Fsp3) is 0.467. The smallest absolute Gasteiger partial charge is 0.243 e. The minimum absolute atomic E-state index is 0.0481. The second kappa shape index (κ2) is 5.31. The Kier molecular flexibility index (Phi) is 3.63. The normalized spacial score (nSPS) is 21.4. The van der Waals surface area contributed by atoms with Crippen LogP contribution in [0.3, 0.4) is 0 Å². The third-order valence-corrected chi connectivity index (χ3v) is 4.49. The minimum Gasteiger partial charge on any atom is -0.307 e. The van der Waals surface area contributed by atoms with E-state index in [0.29, 0.717) is 10.8 Å². The maximum absolute atomic E-state index is 12.5. The van der Waals surface area contributed by atoms with Crippen molar-refractivity contribution in [2.75, 3.05) is 11.9 Å². The van der Waals surface area contributed by atoms with Gasteiger partial charge in [-0.25, -0.2) is 0 Å². The highest BCUT2D eigenvalue weighted by Crippen LogP contribution is 2.32. The highest BCUT2D eigenvalue weighted by Gasteiger charge is 2.37. The van der Waals surface area contributed by atoms with E-state index in [4.69, 9.17) is 11.6 Å². The molecule has 112 valence electrons. The fourth-order valence-electron chi connectivity index (χ4n) is 2.95. The lowest BCUT2D eigenvalue weighted by Crippen LogP contribution is -2.53. The molecule has 1 aromatic heterocycles. The Bertz CT molecular complexity index is 679. The first-order valence-corrected chi connectivity index (χ1v) is 7.54. The molecule has 1 aliphatic rings. The number of anilines is 1. The number of para-hydroxylation sites is 1. The molecule has 1 fully saturated rings. The van der Waals surface area contributed by atoms with Crippen molar-refractivity contribution in [3.63, 3.8) is 0 Å². The molecule has 2 aromatic rings. The molecule has 0 aliphatic carbocycles. The first kappa shape index (κ1) is 14.4. The number of fused-ring (bicyclic) bond motifs is 1. The monoisotopic (exact) mass is 306 g/mol. The van der Waals surface area contributed by atoms with Gasteiger partial charge in [0.15, 0.2) is 5.82 Å². The molecule has 1 amide bonds. The van der Waals surface area contributed by atoms with E-state index >= 15 is 0 Å². The van der Waals surface area contributed by atoms with Crippen LogP contribution in [-0.4, -0.2) is 28.7 Å². The molecule has 5 nitrogen and oxygen atoms in total. The van der Waals surface area contributed by atoms with Gasteiger partial charge < -0.3 is 10.6 Å². The number of aromatic nitrogens is 2. The molecule has 0 saturated carbocycles. The second-order valence-electron chi connectivity index (χ2n) is 6.20. The topological polar surface area (TPSA) is 69.8 Å². The number of piperidine rings is 1. The summed E-state index contributed by atoms with van der Waals surface area (Å²) in [6.07, 6.45) is 2.13. The number of nitrogens with one attached hydrogen (secondary N) is 3. The lowest BCUT2D eigenvalue weighted by atomic mass is 9.77. The van der Waals surface area contributed by atoms with Crippen molar-refractivity contribution >= 4 is 34.2 Å². The first-order valence-electron chi connectivity index (χ1n) is 7.16. The lowest BCUT2D eigenvalue weighted by Gasteiger charge is -2.38. The molecule has 0 radical (unpaired) electrons. The predicted octanol–water partition coefficient (Wildman–Crippen LogP) is 2.93. The average Bonchev–Trinajstić information content (AvgIpc) is 2.83. The van der Waals surface area contributed by atoms with E-state index in [1.54, 1.807) is 6.07 Å². The number of aromatic amines is 1. The van der Waals surface area contributed by atoms with E-state index in [1.807, 2.05) is 12.1 Å². The van der Waals surface area contributed by atoms with Crippen LogP contribution in [0.25, 0.3) is 10.9 Å². The maximum Gasteiger partial charge on any atom is 0.243 e. The van der Waals surface area contributed by atoms with Gasteiger partial charge in [-0.2, -0.15) is 5.10 Å². The number of hydrogen-bond acceptors (Lipinski definition) is 3. The van der Waals surface area contributed by atoms with Gasteiger partial charge in [0.05, 0.1) is 16.6 Å². The summed E-state index contributed by atoms with van der Waals surface area (Å²) < 4.78 is 0. The van der Waals surface area contributed by atoms with Gasteiger partial charge in [0.25, 0.3) is 0 Å². The van der Waals surface area contributed by atoms with Gasteiger partial charge in [-0.05, 0) is 36.9 Å². The molecule has 6 heteroatoms. The summed E-state index contributed by atoms with van der Waals surface area (Å²) in [4.78, 5) is 12.5. The summed E-state index contributed by atoms with van der Waals surface area (Å²) in [5.41, 5.74) is 0.678. The summed E-state index contributed by atoms with van der Waals surface area (Å²) in [5.74, 6) is 0.480. The van der Waals surface area contributed by atoms with E-state index in [2.05, 4.69) is 34.7 Å². The van der Waals surface area contributed by atoms with Crippen LogP contribution in [0.15, 0.2) is 18.2 Å². The van der Waals surface area contributed by atoms with Crippen molar-refractivity contribution < 1.29 is 4.79 Å². The summed E-state index contributed by atoms with van der Waals surface area (Å²) >= 11 is 6.10. The quantitative estimate of drug-likeness (QED) is 0.799. The Morgan fingerprint density at radius 3 is 3.05 bits per heavy atom. The number of carbonyl (C=O) groups excluding carboxylic acids is 1. The van der Waals surface area contributed by atoms with E-state index in [1.165, 1.54) is 0 Å². The summed E-state index contributed by atoms with van der Waals surface area (Å²) in [5, 5.41) is 14.7. The van der Waals surface area contributed by atoms with E-state index < -0.39 is 0 Å². The zero-order chi connectivity index (χ0) is 15.0. The van der Waals surface area contributed by atoms with Crippen molar-refractivity contribution in [1.82, 2.24) is 15.5 Å². The van der Waals surface area contributed by atoms with Crippen LogP contribution in [0.2, 0.25) is 5.02 Å². The first-order chi connectivity index (χ1) is 9.99. The van der Waals surface area contributed by atoms with Crippen LogP contribution in [0.1, 0.15) is 26.7 Å². The molecule has 3 rings (SSSR count). The van der Waals surface area contributed by atoms with Crippen molar-refractivity contribution in [3.05, 3.63) is 23.2 Å². The van der Waals surface area contributed by atoms with Gasteiger partial charge in [0, 0.05) is 5.39 Å². The number of benzene rings is 1. The number of nitrogens with zero attached hydrogens (tertiary/aromatic N) is 1. The molecule has 1 aromatic carbocycles.